The van der Waals surface area contributed by atoms with Gasteiger partial charge in [-0.15, -0.1) is 0 Å². The molecule has 6 rings (SSSR count). The molecule has 0 aliphatic carbocycles. The third-order valence-electron chi connectivity index (χ3n) is 15.8. The SMILES string of the molecule is C/N=C/[C@H]1CC(F)(F)CN1C(=O)CNC(=O)c1ccnc2ccc(OCCCCN3CCN(C(=O)[C@H](C)NC(=O)[C@H](CCOCCNC(=O)CCCc4ccc(I)cc4)NC(=O)CN4CCN(CC(=O)O)CCN(CC(=O)O)CCN(CC(=O)O)CC4)CC3)cc12. The van der Waals surface area contributed by atoms with Crippen molar-refractivity contribution in [1.82, 2.24) is 60.6 Å². The molecular formula is C61H86F2IN13O14. The summed E-state index contributed by atoms with van der Waals surface area (Å²) < 4.78 is 41.3. The van der Waals surface area contributed by atoms with Crippen LogP contribution in [0.3, 0.4) is 0 Å². The van der Waals surface area contributed by atoms with Gasteiger partial charge in [-0.05, 0) is 110 Å². The van der Waals surface area contributed by atoms with Gasteiger partial charge in [0.05, 0.1) is 69.6 Å². The third kappa shape index (κ3) is 25.8. The Morgan fingerprint density at radius 1 is 0.725 bits per heavy atom. The normalized spacial score (nSPS) is 18.2. The number of halogens is 3. The van der Waals surface area contributed by atoms with Crippen LogP contribution in [0.4, 0.5) is 8.78 Å². The number of hydrogen-bond donors (Lipinski definition) is 7. The molecule has 3 aliphatic rings. The average Bonchev–Trinajstić information content (AvgIpc) is 2.09. The second-order valence-electron chi connectivity index (χ2n) is 22.9. The molecule has 3 aliphatic heterocycles. The first kappa shape index (κ1) is 73.0. The molecule has 0 bridgehead atoms. The molecule has 3 aromatic rings. The quantitative estimate of drug-likeness (QED) is 0.0258. The zero-order valence-electron chi connectivity index (χ0n) is 51.7. The van der Waals surface area contributed by atoms with Gasteiger partial charge < -0.3 is 55.9 Å². The number of likely N-dealkylation sites (tertiary alicyclic amines) is 1. The topological polar surface area (TPSA) is 329 Å². The first-order valence-corrected chi connectivity index (χ1v) is 31.8. The highest BCUT2D eigenvalue weighted by molar-refractivity contribution is 14.1. The van der Waals surface area contributed by atoms with E-state index in [1.165, 1.54) is 25.5 Å². The Morgan fingerprint density at radius 3 is 1.93 bits per heavy atom. The number of nitrogens with one attached hydrogen (secondary N) is 4. The summed E-state index contributed by atoms with van der Waals surface area (Å²) in [7, 11) is 1.44. The van der Waals surface area contributed by atoms with E-state index in [1.807, 2.05) is 24.3 Å². The molecule has 500 valence electrons. The number of unbranched alkanes of at least 4 members (excludes halogenated alkanes) is 1. The van der Waals surface area contributed by atoms with Crippen LogP contribution in [0.15, 0.2) is 59.7 Å². The van der Waals surface area contributed by atoms with E-state index in [0.717, 1.165) is 33.4 Å². The number of benzene rings is 2. The molecule has 0 radical (unpaired) electrons. The smallest absolute Gasteiger partial charge is 0.317 e. The van der Waals surface area contributed by atoms with Crippen LogP contribution in [0.5, 0.6) is 5.75 Å². The summed E-state index contributed by atoms with van der Waals surface area (Å²) >= 11 is 2.24. The number of nitrogens with zero attached hydrogens (tertiary/aromatic N) is 9. The van der Waals surface area contributed by atoms with Crippen LogP contribution in [0.1, 0.15) is 61.4 Å². The third-order valence-corrected chi connectivity index (χ3v) is 16.5. The Bertz CT molecular complexity index is 2930. The fourth-order valence-corrected chi connectivity index (χ4v) is 11.3. The van der Waals surface area contributed by atoms with Crippen LogP contribution in [-0.2, 0) is 49.5 Å². The molecule has 0 unspecified atom stereocenters. The van der Waals surface area contributed by atoms with Crippen molar-refractivity contribution in [2.24, 2.45) is 4.99 Å². The minimum atomic E-state index is -3.06. The summed E-state index contributed by atoms with van der Waals surface area (Å²) in [6.45, 7) is 3.86. The molecule has 2 aromatic carbocycles. The fraction of sp³-hybridized carbons (Fsp3) is 0.590. The predicted octanol–water partition coefficient (Wildman–Crippen LogP) is 0.820. The number of alkyl halides is 2. The number of fused-ring (bicyclic) bond motifs is 1. The number of carboxylic acid groups (broad SMARTS) is 3. The number of carbonyl (C=O) groups excluding carboxylic acids is 6. The van der Waals surface area contributed by atoms with E-state index in [0.29, 0.717) is 68.7 Å². The van der Waals surface area contributed by atoms with Crippen LogP contribution in [-0.4, -0.2) is 296 Å². The highest BCUT2D eigenvalue weighted by Gasteiger charge is 2.46. The maximum atomic E-state index is 14.2. The summed E-state index contributed by atoms with van der Waals surface area (Å²) in [4.78, 5) is 136. The first-order valence-electron chi connectivity index (χ1n) is 30.7. The Labute approximate surface area is 541 Å². The monoisotopic (exact) mass is 1390 g/mol. The highest BCUT2D eigenvalue weighted by Crippen LogP contribution is 2.31. The number of ether oxygens (including phenoxy) is 2. The summed E-state index contributed by atoms with van der Waals surface area (Å²) in [6, 6.07) is 11.7. The van der Waals surface area contributed by atoms with Crippen molar-refractivity contribution in [2.45, 2.75) is 75.9 Å². The molecule has 6 amide bonds. The van der Waals surface area contributed by atoms with Gasteiger partial charge in [-0.25, -0.2) is 8.78 Å². The van der Waals surface area contributed by atoms with E-state index >= 15 is 0 Å². The van der Waals surface area contributed by atoms with Crippen molar-refractivity contribution in [3.8, 4) is 5.75 Å². The van der Waals surface area contributed by atoms with Gasteiger partial charge in [0, 0.05) is 133 Å². The van der Waals surface area contributed by atoms with E-state index in [-0.39, 0.29) is 122 Å². The molecule has 3 atom stereocenters. The molecule has 30 heteroatoms. The Balaban J connectivity index is 0.981. The largest absolute Gasteiger partial charge is 0.494 e. The number of carboxylic acids is 3. The number of rotatable bonds is 32. The Hall–Kier alpha value is -7.10. The first-order chi connectivity index (χ1) is 43.5. The second kappa shape index (κ2) is 37.4. The van der Waals surface area contributed by atoms with Crippen LogP contribution >= 0.6 is 22.6 Å². The van der Waals surface area contributed by atoms with Crippen LogP contribution < -0.4 is 26.0 Å². The standard InChI is InChI=1S/C61H86F2IN13O14/c1-43(60(89)76-29-27-71(28-30-76)18-3-4-31-91-47-12-13-50-49(34-47)48(14-16-66-50)58(87)68-37-54(80)77-42-61(62,63)35-46(77)36-65-2)69-59(88)51(15-32-90-33-17-67-52(78)7-5-6-44-8-10-45(64)11-9-44)70-53(79)38-72-19-21-73(39-55(81)82)23-25-75(41-57(85)86)26-24-74(22-20-72)40-56(83)84/h8-14,16,34,36,43,46,51H,3-7,15,17-33,35,37-42H2,1-2H3,(H,67,78)(H,68,87)(H,69,88)(H,70,79)(H,81,82)(H,83,84)(H,85,86)/b65-36+/t43-,46+,51-/m0/s1. The van der Waals surface area contributed by atoms with Gasteiger partial charge in [0.2, 0.25) is 29.5 Å². The number of aryl methyl sites for hydroxylation is 1. The van der Waals surface area contributed by atoms with E-state index < -0.39 is 85.1 Å². The lowest BCUT2D eigenvalue weighted by molar-refractivity contribution is -0.140. The molecule has 27 nitrogen and oxygen atoms in total. The summed E-state index contributed by atoms with van der Waals surface area (Å²) in [5.41, 5.74) is 1.88. The predicted molar refractivity (Wildman–Crippen MR) is 340 cm³/mol. The van der Waals surface area contributed by atoms with Crippen LogP contribution in [0.2, 0.25) is 0 Å². The number of hydrogen-bond acceptors (Lipinski definition) is 18. The molecule has 4 heterocycles. The van der Waals surface area contributed by atoms with Gasteiger partial charge >= 0.3 is 17.9 Å². The van der Waals surface area contributed by atoms with Crippen molar-refractivity contribution in [1.29, 1.82) is 0 Å². The molecular weight excluding hydrogens is 1300 g/mol. The van der Waals surface area contributed by atoms with Crippen molar-refractivity contribution in [3.05, 3.63) is 69.4 Å². The van der Waals surface area contributed by atoms with Crippen molar-refractivity contribution < 1.29 is 76.7 Å². The number of piperazine rings is 1. The van der Waals surface area contributed by atoms with Crippen molar-refractivity contribution in [2.75, 3.05) is 158 Å². The lowest BCUT2D eigenvalue weighted by Crippen LogP contribution is -2.57. The fourth-order valence-electron chi connectivity index (χ4n) is 10.9. The zero-order chi connectivity index (χ0) is 65.9. The number of carbonyl (C=O) groups is 9. The van der Waals surface area contributed by atoms with E-state index in [4.69, 9.17) is 9.47 Å². The van der Waals surface area contributed by atoms with Gasteiger partial charge in [0.25, 0.3) is 11.8 Å². The maximum absolute atomic E-state index is 14.2. The molecule has 1 aromatic heterocycles. The maximum Gasteiger partial charge on any atom is 0.317 e. The second-order valence-corrected chi connectivity index (χ2v) is 24.1. The van der Waals surface area contributed by atoms with E-state index in [9.17, 15) is 67.3 Å². The lowest BCUT2D eigenvalue weighted by Gasteiger charge is -2.36. The number of amides is 6. The number of pyridine rings is 1. The molecule has 3 fully saturated rings. The molecule has 3 saturated heterocycles. The Kier molecular flexibility index (Phi) is 30.0. The molecule has 0 saturated carbocycles. The van der Waals surface area contributed by atoms with Gasteiger partial charge in [0.15, 0.2) is 0 Å². The van der Waals surface area contributed by atoms with Crippen LogP contribution in [0, 0.1) is 3.57 Å². The van der Waals surface area contributed by atoms with Gasteiger partial charge in [-0.3, -0.25) is 77.6 Å². The molecule has 91 heavy (non-hydrogen) atoms. The summed E-state index contributed by atoms with van der Waals surface area (Å²) in [5.74, 6) is -8.73. The van der Waals surface area contributed by atoms with E-state index in [1.54, 1.807) is 49.6 Å². The highest BCUT2D eigenvalue weighted by atomic mass is 127. The summed E-state index contributed by atoms with van der Waals surface area (Å²) in [5, 5.41) is 40.4. The number of aromatic nitrogens is 1. The number of aliphatic carboxylic acids is 3. The molecule has 0 spiro atoms. The van der Waals surface area contributed by atoms with E-state index in [2.05, 4.69) is 58.7 Å². The minimum absolute atomic E-state index is 0.00483. The van der Waals surface area contributed by atoms with Crippen LogP contribution in [0.25, 0.3) is 10.9 Å². The van der Waals surface area contributed by atoms with Gasteiger partial charge in [-0.2, -0.15) is 0 Å². The van der Waals surface area contributed by atoms with Gasteiger partial charge in [-0.1, -0.05) is 12.1 Å². The lowest BCUT2D eigenvalue weighted by atomic mass is 10.1. The number of aliphatic imine (C=N–C) groups is 1. The Morgan fingerprint density at radius 2 is 1.33 bits per heavy atom. The van der Waals surface area contributed by atoms with Crippen molar-refractivity contribution in [3.63, 3.8) is 0 Å². The molecule has 7 N–H and O–H groups in total. The van der Waals surface area contributed by atoms with Crippen molar-refractivity contribution >= 4 is 93.1 Å². The zero-order valence-corrected chi connectivity index (χ0v) is 53.9. The van der Waals surface area contributed by atoms with Gasteiger partial charge in [0.1, 0.15) is 17.8 Å². The minimum Gasteiger partial charge on any atom is -0.494 e. The summed E-state index contributed by atoms with van der Waals surface area (Å²) in [6.07, 6.45) is 5.41. The average molecular weight is 1390 g/mol.